The summed E-state index contributed by atoms with van der Waals surface area (Å²) in [6, 6.07) is 1.72. The monoisotopic (exact) mass is 487 g/mol. The minimum Gasteiger partial charge on any atom is -0.444 e. The molecule has 0 bridgehead atoms. The summed E-state index contributed by atoms with van der Waals surface area (Å²) in [7, 11) is 0. The van der Waals surface area contributed by atoms with Crippen LogP contribution in [-0.4, -0.2) is 51.8 Å². The Morgan fingerprint density at radius 1 is 1.27 bits per heavy atom. The first-order valence-corrected chi connectivity index (χ1v) is 11.2. The first-order valence-electron chi connectivity index (χ1n) is 10.8. The number of hydrogen-bond acceptors (Lipinski definition) is 5. The summed E-state index contributed by atoms with van der Waals surface area (Å²) in [6.07, 6.45) is 2.61. The summed E-state index contributed by atoms with van der Waals surface area (Å²) >= 11 is 6.16. The molecular formula is C22H29ClF3N5O2. The zero-order chi connectivity index (χ0) is 24.2. The molecule has 0 radical (unpaired) electrons. The van der Waals surface area contributed by atoms with E-state index >= 15 is 0 Å². The molecule has 7 nitrogen and oxygen atoms in total. The highest BCUT2D eigenvalue weighted by molar-refractivity contribution is 6.29. The van der Waals surface area contributed by atoms with Crippen molar-refractivity contribution in [2.45, 2.75) is 70.8 Å². The third kappa shape index (κ3) is 8.10. The Bertz CT molecular complexity index is 958. The number of alkyl halides is 3. The normalized spacial score (nSPS) is 17.2. The second-order valence-electron chi connectivity index (χ2n) is 9.23. The Labute approximate surface area is 196 Å². The van der Waals surface area contributed by atoms with Crippen LogP contribution in [0, 0.1) is 0 Å². The zero-order valence-electron chi connectivity index (χ0n) is 19.0. The second-order valence-corrected chi connectivity index (χ2v) is 9.62. The van der Waals surface area contributed by atoms with Crippen LogP contribution in [0.3, 0.4) is 0 Å². The molecule has 11 heteroatoms. The van der Waals surface area contributed by atoms with Crippen LogP contribution in [0.4, 0.5) is 23.7 Å². The fourth-order valence-corrected chi connectivity index (χ4v) is 3.96. The number of carbonyl (C=O) groups is 1. The van der Waals surface area contributed by atoms with E-state index in [2.05, 4.69) is 20.3 Å². The molecule has 0 saturated carbocycles. The number of ether oxygens (including phenoxy) is 1. The molecule has 0 unspecified atom stereocenters. The van der Waals surface area contributed by atoms with Gasteiger partial charge in [-0.15, -0.1) is 0 Å². The van der Waals surface area contributed by atoms with Crippen molar-refractivity contribution in [3.63, 3.8) is 0 Å². The summed E-state index contributed by atoms with van der Waals surface area (Å²) in [6.45, 7) is 5.73. The Kier molecular flexibility index (Phi) is 7.76. The van der Waals surface area contributed by atoms with Gasteiger partial charge in [0.05, 0.1) is 6.20 Å². The molecule has 182 valence electrons. The van der Waals surface area contributed by atoms with E-state index in [0.717, 1.165) is 35.3 Å². The summed E-state index contributed by atoms with van der Waals surface area (Å²) in [5.41, 5.74) is 1.98. The minimum atomic E-state index is -4.31. The molecule has 1 aliphatic rings. The van der Waals surface area contributed by atoms with Crippen LogP contribution < -0.4 is 10.2 Å². The molecule has 0 spiro atoms. The largest absolute Gasteiger partial charge is 0.444 e. The predicted octanol–water partition coefficient (Wildman–Crippen LogP) is 4.77. The average Bonchev–Trinajstić information content (AvgIpc) is 3.11. The maximum atomic E-state index is 12.6. The Balaban J connectivity index is 1.66. The standard InChI is InChI=1S/C22H29ClF3N5O2/c1-21(2,3)33-20(32)29-17-5-4-8-30(13-17)18-9-19(23)27-11-16(18)7-6-15-10-28-31(12-15)14-22(24,25)26/h9-12,17H,4-8,13-14H2,1-3H3,(H,29,32)/t17-/m0/s1. The van der Waals surface area contributed by atoms with Crippen LogP contribution in [0.5, 0.6) is 0 Å². The maximum Gasteiger partial charge on any atom is 0.408 e. The van der Waals surface area contributed by atoms with Gasteiger partial charge in [0.25, 0.3) is 0 Å². The van der Waals surface area contributed by atoms with E-state index in [9.17, 15) is 18.0 Å². The highest BCUT2D eigenvalue weighted by atomic mass is 35.5. The molecule has 33 heavy (non-hydrogen) atoms. The molecule has 3 rings (SSSR count). The van der Waals surface area contributed by atoms with Gasteiger partial charge in [-0.05, 0) is 63.6 Å². The molecule has 2 aromatic heterocycles. The lowest BCUT2D eigenvalue weighted by Crippen LogP contribution is -2.49. The molecular weight excluding hydrogens is 459 g/mol. The van der Waals surface area contributed by atoms with Crippen molar-refractivity contribution in [2.24, 2.45) is 0 Å². The van der Waals surface area contributed by atoms with Crippen molar-refractivity contribution in [3.05, 3.63) is 40.9 Å². The van der Waals surface area contributed by atoms with E-state index in [1.165, 1.54) is 12.4 Å². The van der Waals surface area contributed by atoms with E-state index < -0.39 is 24.4 Å². The van der Waals surface area contributed by atoms with Gasteiger partial charge in [-0.25, -0.2) is 9.78 Å². The van der Waals surface area contributed by atoms with Crippen molar-refractivity contribution < 1.29 is 22.7 Å². The van der Waals surface area contributed by atoms with Gasteiger partial charge in [-0.2, -0.15) is 18.3 Å². The number of pyridine rings is 1. The van der Waals surface area contributed by atoms with Gasteiger partial charge in [0.2, 0.25) is 0 Å². The number of hydrogen-bond donors (Lipinski definition) is 1. The first kappa shape index (κ1) is 25.1. The third-order valence-corrected chi connectivity index (χ3v) is 5.33. The van der Waals surface area contributed by atoms with Crippen molar-refractivity contribution in [3.8, 4) is 0 Å². The number of piperidine rings is 1. The van der Waals surface area contributed by atoms with Gasteiger partial charge in [-0.3, -0.25) is 4.68 Å². The van der Waals surface area contributed by atoms with Crippen LogP contribution in [-0.2, 0) is 24.1 Å². The summed E-state index contributed by atoms with van der Waals surface area (Å²) < 4.78 is 44.0. The van der Waals surface area contributed by atoms with Crippen molar-refractivity contribution in [1.82, 2.24) is 20.1 Å². The van der Waals surface area contributed by atoms with Crippen molar-refractivity contribution in [2.75, 3.05) is 18.0 Å². The van der Waals surface area contributed by atoms with Gasteiger partial charge in [0.15, 0.2) is 0 Å². The number of alkyl carbamates (subject to hydrolysis) is 1. The van der Waals surface area contributed by atoms with Gasteiger partial charge in [0.1, 0.15) is 17.3 Å². The summed E-state index contributed by atoms with van der Waals surface area (Å²) in [5.74, 6) is 0. The van der Waals surface area contributed by atoms with Crippen LogP contribution in [0.2, 0.25) is 5.15 Å². The van der Waals surface area contributed by atoms with Gasteiger partial charge in [-0.1, -0.05) is 11.6 Å². The van der Waals surface area contributed by atoms with Gasteiger partial charge in [0, 0.05) is 37.2 Å². The number of anilines is 1. The third-order valence-electron chi connectivity index (χ3n) is 5.12. The number of aromatic nitrogens is 3. The first-order chi connectivity index (χ1) is 15.4. The minimum absolute atomic E-state index is 0.0750. The number of nitrogens with one attached hydrogen (secondary N) is 1. The van der Waals surface area contributed by atoms with Crippen LogP contribution >= 0.6 is 11.6 Å². The van der Waals surface area contributed by atoms with Crippen molar-refractivity contribution >= 4 is 23.4 Å². The quantitative estimate of drug-likeness (QED) is 0.594. The average molecular weight is 488 g/mol. The van der Waals surface area contributed by atoms with Gasteiger partial charge < -0.3 is 15.0 Å². The lowest BCUT2D eigenvalue weighted by atomic mass is 10.0. The number of halogens is 4. The molecule has 2 aromatic rings. The fraction of sp³-hybridized carbons (Fsp3) is 0.591. The zero-order valence-corrected chi connectivity index (χ0v) is 19.7. The Hall–Kier alpha value is -2.49. The Morgan fingerprint density at radius 3 is 2.73 bits per heavy atom. The molecule has 1 N–H and O–H groups in total. The molecule has 1 amide bonds. The number of nitrogens with zero attached hydrogens (tertiary/aromatic N) is 4. The maximum absolute atomic E-state index is 12.6. The van der Waals surface area contributed by atoms with E-state index in [0.29, 0.717) is 30.1 Å². The lowest BCUT2D eigenvalue weighted by Gasteiger charge is -2.36. The summed E-state index contributed by atoms with van der Waals surface area (Å²) in [5, 5.41) is 7.09. The van der Waals surface area contributed by atoms with Crippen molar-refractivity contribution in [1.29, 1.82) is 0 Å². The molecule has 0 aliphatic carbocycles. The van der Waals surface area contributed by atoms with Crippen LogP contribution in [0.1, 0.15) is 44.7 Å². The molecule has 3 heterocycles. The predicted molar refractivity (Wildman–Crippen MR) is 120 cm³/mol. The number of rotatable bonds is 6. The molecule has 1 fully saturated rings. The van der Waals surface area contributed by atoms with E-state index in [1.807, 2.05) is 20.8 Å². The van der Waals surface area contributed by atoms with E-state index in [4.69, 9.17) is 16.3 Å². The van der Waals surface area contributed by atoms with Gasteiger partial charge >= 0.3 is 12.3 Å². The molecule has 1 aliphatic heterocycles. The van der Waals surface area contributed by atoms with Crippen LogP contribution in [0.15, 0.2) is 24.7 Å². The second kappa shape index (κ2) is 10.2. The van der Waals surface area contributed by atoms with E-state index in [1.54, 1.807) is 12.3 Å². The van der Waals surface area contributed by atoms with Crippen LogP contribution in [0.25, 0.3) is 0 Å². The molecule has 1 atom stereocenters. The number of amides is 1. The highest BCUT2D eigenvalue weighted by Gasteiger charge is 2.28. The lowest BCUT2D eigenvalue weighted by molar-refractivity contribution is -0.142. The SMILES string of the molecule is CC(C)(C)OC(=O)N[C@H]1CCCN(c2cc(Cl)ncc2CCc2cnn(CC(F)(F)F)c2)C1. The summed E-state index contributed by atoms with van der Waals surface area (Å²) in [4.78, 5) is 18.5. The fourth-order valence-electron chi connectivity index (χ4n) is 3.81. The number of aryl methyl sites for hydroxylation is 2. The van der Waals surface area contributed by atoms with E-state index in [-0.39, 0.29) is 6.04 Å². The highest BCUT2D eigenvalue weighted by Crippen LogP contribution is 2.28. The molecule has 0 aromatic carbocycles. The smallest absolute Gasteiger partial charge is 0.408 e. The topological polar surface area (TPSA) is 72.3 Å². The Morgan fingerprint density at radius 2 is 2.03 bits per heavy atom. The molecule has 1 saturated heterocycles. The number of carbonyl (C=O) groups excluding carboxylic acids is 1.